The third-order valence-corrected chi connectivity index (χ3v) is 9.43. The van der Waals surface area contributed by atoms with Crippen molar-refractivity contribution in [1.82, 2.24) is 4.72 Å². The van der Waals surface area contributed by atoms with E-state index in [0.29, 0.717) is 5.56 Å². The van der Waals surface area contributed by atoms with Crippen molar-refractivity contribution >= 4 is 47.4 Å². The van der Waals surface area contributed by atoms with E-state index in [2.05, 4.69) is 9.71 Å². The van der Waals surface area contributed by atoms with Crippen LogP contribution in [0.5, 0.6) is 0 Å². The average Bonchev–Trinajstić information content (AvgIpc) is 2.92. The Morgan fingerprint density at radius 3 is 2.08 bits per heavy atom. The molecule has 0 heterocycles. The van der Waals surface area contributed by atoms with Crippen LogP contribution in [-0.4, -0.2) is 61.5 Å². The number of methoxy groups -OCH3 is 1. The summed E-state index contributed by atoms with van der Waals surface area (Å²) in [7, 11) is -8.14. The molecule has 0 radical (unpaired) electrons. The summed E-state index contributed by atoms with van der Waals surface area (Å²) < 4.78 is 63.0. The van der Waals surface area contributed by atoms with E-state index >= 15 is 0 Å². The van der Waals surface area contributed by atoms with Crippen molar-refractivity contribution in [2.45, 2.75) is 84.2 Å². The Balaban J connectivity index is 2.56. The van der Waals surface area contributed by atoms with Crippen molar-refractivity contribution in [3.63, 3.8) is 0 Å². The minimum absolute atomic E-state index is 0.0826. The lowest BCUT2D eigenvalue weighted by Crippen LogP contribution is -2.45. The van der Waals surface area contributed by atoms with Crippen LogP contribution in [0.1, 0.15) is 72.6 Å². The molecule has 0 fully saturated rings. The molecule has 2 unspecified atom stereocenters. The van der Waals surface area contributed by atoms with Gasteiger partial charge < -0.3 is 24.8 Å². The van der Waals surface area contributed by atoms with E-state index in [4.69, 9.17) is 24.5 Å². The topological polar surface area (TPSA) is 213 Å². The van der Waals surface area contributed by atoms with E-state index in [9.17, 15) is 32.3 Å². The lowest BCUT2D eigenvalue weighted by molar-refractivity contribution is -0.149. The lowest BCUT2D eigenvalue weighted by Gasteiger charge is -2.29. The zero-order valence-electron chi connectivity index (χ0n) is 28.5. The number of amides is 2. The first-order valence-corrected chi connectivity index (χ1v) is 18.1. The summed E-state index contributed by atoms with van der Waals surface area (Å²) in [5.74, 6) is -4.69. The van der Waals surface area contributed by atoms with E-state index in [-0.39, 0.29) is 11.3 Å². The van der Waals surface area contributed by atoms with Crippen molar-refractivity contribution in [2.24, 2.45) is 16.6 Å². The number of nitrogens with two attached hydrogens (primary N) is 1. The number of esters is 1. The van der Waals surface area contributed by atoms with Gasteiger partial charge >= 0.3 is 25.8 Å². The Hall–Kier alpha value is -3.82. The molecule has 4 N–H and O–H groups in total. The third kappa shape index (κ3) is 12.7. The second-order valence-electron chi connectivity index (χ2n) is 13.0. The molecule has 0 saturated carbocycles. The molecule has 48 heavy (non-hydrogen) atoms. The van der Waals surface area contributed by atoms with Crippen LogP contribution in [0.25, 0.3) is 0 Å². The van der Waals surface area contributed by atoms with Gasteiger partial charge in [-0.15, -0.1) is 4.99 Å². The molecule has 2 aromatic rings. The number of ether oxygens (including phenoxy) is 3. The molecule has 0 spiro atoms. The molecule has 0 aliphatic carbocycles. The Morgan fingerprint density at radius 1 is 0.979 bits per heavy atom. The summed E-state index contributed by atoms with van der Waals surface area (Å²) in [6.07, 6.45) is -4.05. The van der Waals surface area contributed by atoms with Crippen LogP contribution in [-0.2, 0) is 43.9 Å². The number of sulfonamides is 1. The minimum atomic E-state index is -5.00. The number of carbonyl (C=O) groups excluding carboxylic acids is 3. The fourth-order valence-corrected chi connectivity index (χ4v) is 7.82. The number of nitrogens with one attached hydrogen (secondary N) is 1. The molecule has 2 aromatic carbocycles. The fourth-order valence-electron chi connectivity index (χ4n) is 4.06. The largest absolute Gasteiger partial charge is 0.467 e. The fraction of sp³-hybridized carbons (Fsp3) is 0.484. The molecular formula is C31H45N4O11PS. The first kappa shape index (κ1) is 40.4. The molecular weight excluding hydrogens is 667 g/mol. The summed E-state index contributed by atoms with van der Waals surface area (Å²) in [6, 6.07) is 13.5. The highest BCUT2D eigenvalue weighted by atomic mass is 32.2. The second-order valence-corrected chi connectivity index (χ2v) is 16.6. The molecule has 17 heteroatoms. The highest BCUT2D eigenvalue weighted by Gasteiger charge is 2.42. The Labute approximate surface area is 281 Å². The molecule has 15 nitrogen and oxygen atoms in total. The first-order valence-electron chi connectivity index (χ1n) is 14.8. The number of nitrogens with zero attached hydrogens (tertiary/aromatic N) is 2. The normalized spacial score (nSPS) is 15.2. The van der Waals surface area contributed by atoms with Crippen LogP contribution >= 0.6 is 7.60 Å². The second kappa shape index (κ2) is 16.1. The molecule has 0 aromatic heterocycles. The Bertz CT molecular complexity index is 1640. The molecule has 0 bridgehead atoms. The predicted octanol–water partition coefficient (Wildman–Crippen LogP) is 5.20. The van der Waals surface area contributed by atoms with Gasteiger partial charge in [0.05, 0.1) is 18.6 Å². The smallest absolute Gasteiger partial charge is 0.437 e. The average molecular weight is 713 g/mol. The van der Waals surface area contributed by atoms with Gasteiger partial charge in [-0.3, -0.25) is 9.09 Å². The molecule has 2 rings (SSSR count). The van der Waals surface area contributed by atoms with Crippen molar-refractivity contribution in [1.29, 1.82) is 0 Å². The van der Waals surface area contributed by atoms with Gasteiger partial charge in [0.25, 0.3) is 0 Å². The van der Waals surface area contributed by atoms with Crippen molar-refractivity contribution in [2.75, 3.05) is 12.0 Å². The Morgan fingerprint density at radius 2 is 1.56 bits per heavy atom. The molecule has 3 atom stereocenters. The molecule has 0 saturated heterocycles. The van der Waals surface area contributed by atoms with Crippen LogP contribution in [0.3, 0.4) is 0 Å². The van der Waals surface area contributed by atoms with Gasteiger partial charge in [0.1, 0.15) is 17.0 Å². The summed E-state index contributed by atoms with van der Waals surface area (Å²) >= 11 is 0. The van der Waals surface area contributed by atoms with Crippen LogP contribution < -0.4 is 15.4 Å². The maximum Gasteiger partial charge on any atom is 0.437 e. The highest BCUT2D eigenvalue weighted by Crippen LogP contribution is 2.53. The molecule has 266 valence electrons. The number of carbonyl (C=O) groups is 3. The van der Waals surface area contributed by atoms with Crippen molar-refractivity contribution in [3.05, 3.63) is 65.7 Å². The summed E-state index contributed by atoms with van der Waals surface area (Å²) in [4.78, 5) is 54.3. The monoisotopic (exact) mass is 712 g/mol. The van der Waals surface area contributed by atoms with E-state index in [1.54, 1.807) is 71.9 Å². The summed E-state index contributed by atoms with van der Waals surface area (Å²) in [5.41, 5.74) is 4.41. The number of benzene rings is 2. The van der Waals surface area contributed by atoms with Gasteiger partial charge in [0.2, 0.25) is 16.0 Å². The quantitative estimate of drug-likeness (QED) is 0.0902. The number of aliphatic imine (C=N–C) groups is 1. The van der Waals surface area contributed by atoms with Crippen LogP contribution in [0.2, 0.25) is 0 Å². The highest BCUT2D eigenvalue weighted by molar-refractivity contribution is 7.89. The third-order valence-electron chi connectivity index (χ3n) is 5.99. The first-order chi connectivity index (χ1) is 21.9. The molecule has 0 aliphatic rings. The maximum absolute atomic E-state index is 13.7. The number of hydrogen-bond donors (Lipinski definition) is 3. The van der Waals surface area contributed by atoms with E-state index < -0.39 is 76.5 Å². The number of rotatable bonds is 11. The van der Waals surface area contributed by atoms with E-state index in [1.165, 1.54) is 38.1 Å². The Kier molecular flexibility index (Phi) is 13.5. The maximum atomic E-state index is 13.7. The van der Waals surface area contributed by atoms with E-state index in [1.807, 2.05) is 0 Å². The van der Waals surface area contributed by atoms with Gasteiger partial charge in [0, 0.05) is 0 Å². The number of guanidine groups is 1. The number of hydrogen-bond acceptors (Lipinski definition) is 10. The lowest BCUT2D eigenvalue weighted by atomic mass is 10.1. The number of anilines is 1. The van der Waals surface area contributed by atoms with Crippen molar-refractivity contribution < 1.29 is 51.0 Å². The predicted molar refractivity (Wildman–Crippen MR) is 180 cm³/mol. The van der Waals surface area contributed by atoms with Crippen LogP contribution in [0.4, 0.5) is 15.3 Å². The van der Waals surface area contributed by atoms with Gasteiger partial charge in [-0.05, 0) is 70.7 Å². The van der Waals surface area contributed by atoms with Gasteiger partial charge in [-0.2, -0.15) is 4.72 Å². The van der Waals surface area contributed by atoms with Gasteiger partial charge in [-0.25, -0.2) is 27.7 Å². The molecule has 2 amide bonds. The van der Waals surface area contributed by atoms with E-state index in [0.717, 1.165) is 12.0 Å². The SMILES string of the molecule is COC(=O)C(OP(=O)(O)[C@@H](NS(=O)(=O)Cc1ccccc1)C(C)C)c1cccc(N(C(=O)OC(C)(C)C)C(N)=NC(=O)OC(C)(C)C)c1. The van der Waals surface area contributed by atoms with Crippen LogP contribution in [0, 0.1) is 5.92 Å². The zero-order valence-corrected chi connectivity index (χ0v) is 30.2. The minimum Gasteiger partial charge on any atom is -0.467 e. The zero-order chi connectivity index (χ0) is 36.7. The molecule has 0 aliphatic heterocycles. The standard InChI is InChI=1S/C31H45N4O11PS/c1-20(2)25(34-48(41,42)19-21-14-11-10-12-15-21)47(39,40)46-24(26(36)43-9)22-16-13-17-23(18-22)35(29(38)45-31(6,7)8)27(32)33-28(37)44-30(3,4)5/h10-18,20,24-25,34H,19H2,1-9H3,(H,39,40)(H2,32,33,37)/t24?,25-/m1/s1. The summed E-state index contributed by atoms with van der Waals surface area (Å²) in [6.45, 7) is 12.6. The van der Waals surface area contributed by atoms with Crippen molar-refractivity contribution in [3.8, 4) is 0 Å². The van der Waals surface area contributed by atoms with Crippen LogP contribution in [0.15, 0.2) is 59.6 Å². The van der Waals surface area contributed by atoms with Gasteiger partial charge in [0.15, 0.2) is 6.10 Å². The summed E-state index contributed by atoms with van der Waals surface area (Å²) in [5, 5.41) is 0. The van der Waals surface area contributed by atoms with Gasteiger partial charge in [-0.1, -0.05) is 56.3 Å².